The molecular weight excluding hydrogens is 276 g/mol. The lowest BCUT2D eigenvalue weighted by atomic mass is 9.99. The van der Waals surface area contributed by atoms with Crippen LogP contribution >= 0.6 is 0 Å². The van der Waals surface area contributed by atoms with Gasteiger partial charge in [0.25, 0.3) is 0 Å². The second-order valence-corrected chi connectivity index (χ2v) is 9.49. The maximum atomic E-state index is 6.35. The van der Waals surface area contributed by atoms with Crippen LogP contribution in [0.15, 0.2) is 24.3 Å². The molecule has 0 aliphatic carbocycles. The second-order valence-electron chi connectivity index (χ2n) is 7.73. The summed E-state index contributed by atoms with van der Waals surface area (Å²) in [6.07, 6.45) is 1.13. The van der Waals surface area contributed by atoms with Crippen LogP contribution in [0.2, 0.25) is 0 Å². The zero-order valence-corrected chi connectivity index (χ0v) is 16.1. The quantitative estimate of drug-likeness (QED) is 0.757. The van der Waals surface area contributed by atoms with Gasteiger partial charge in [-0.3, -0.25) is 0 Å². The maximum Gasteiger partial charge on any atom is 0.356 e. The van der Waals surface area contributed by atoms with Gasteiger partial charge in [-0.05, 0) is 64.6 Å². The molecule has 0 fully saturated rings. The van der Waals surface area contributed by atoms with E-state index in [9.17, 15) is 0 Å². The Morgan fingerprint density at radius 3 is 1.86 bits per heavy atom. The summed E-state index contributed by atoms with van der Waals surface area (Å²) in [6, 6.07) is 8.63. The molecule has 1 aromatic carbocycles. The van der Waals surface area contributed by atoms with Gasteiger partial charge >= 0.3 is 9.28 Å². The molecule has 0 N–H and O–H groups in total. The average molecular weight is 309 g/mol. The van der Waals surface area contributed by atoms with Gasteiger partial charge in [0.1, 0.15) is 0 Å². The van der Waals surface area contributed by atoms with E-state index in [0.717, 1.165) is 6.42 Å². The van der Waals surface area contributed by atoms with Gasteiger partial charge in [-0.1, -0.05) is 38.1 Å². The van der Waals surface area contributed by atoms with Crippen molar-refractivity contribution >= 4 is 14.5 Å². The van der Waals surface area contributed by atoms with Gasteiger partial charge in [0, 0.05) is 0 Å². The largest absolute Gasteiger partial charge is 0.388 e. The molecule has 0 radical (unpaired) electrons. The van der Waals surface area contributed by atoms with Crippen LogP contribution in [0.5, 0.6) is 0 Å². The van der Waals surface area contributed by atoms with Crippen LogP contribution in [-0.4, -0.2) is 20.5 Å². The fraction of sp³-hybridized carbons (Fsp3) is 0.667. The number of rotatable bonds is 5. The van der Waals surface area contributed by atoms with Gasteiger partial charge in [0.2, 0.25) is 0 Å². The fourth-order valence-electron chi connectivity index (χ4n) is 2.19. The Bertz CT molecular complexity index is 427. The van der Waals surface area contributed by atoms with Crippen molar-refractivity contribution in [3.8, 4) is 0 Å². The molecule has 0 aromatic heterocycles. The van der Waals surface area contributed by atoms with Crippen molar-refractivity contribution in [2.45, 2.75) is 78.9 Å². The lowest BCUT2D eigenvalue weighted by Crippen LogP contribution is -2.48. The molecule has 0 aliphatic heterocycles. The summed E-state index contributed by atoms with van der Waals surface area (Å²) in [6.45, 7) is 17.1. The van der Waals surface area contributed by atoms with E-state index in [2.05, 4.69) is 79.7 Å². The third-order valence-corrected chi connectivity index (χ3v) is 6.19. The zero-order valence-electron chi connectivity index (χ0n) is 15.0. The lowest BCUT2D eigenvalue weighted by molar-refractivity contribution is 0.0407. The SMILES string of the molecule is CCC(C)c1ccccc1[SiH](OC(C)(C)C)OC(C)(C)C. The first-order valence-electron chi connectivity index (χ1n) is 7.98. The maximum absolute atomic E-state index is 6.35. The highest BCUT2D eigenvalue weighted by Crippen LogP contribution is 2.21. The van der Waals surface area contributed by atoms with Crippen molar-refractivity contribution in [1.29, 1.82) is 0 Å². The Morgan fingerprint density at radius 2 is 1.43 bits per heavy atom. The Hall–Kier alpha value is -0.643. The van der Waals surface area contributed by atoms with Gasteiger partial charge in [0.15, 0.2) is 0 Å². The summed E-state index contributed by atoms with van der Waals surface area (Å²) in [5.74, 6) is 0.531. The summed E-state index contributed by atoms with van der Waals surface area (Å²) in [5, 5.41) is 1.29. The predicted molar refractivity (Wildman–Crippen MR) is 93.6 cm³/mol. The summed E-state index contributed by atoms with van der Waals surface area (Å²) < 4.78 is 12.7. The van der Waals surface area contributed by atoms with Gasteiger partial charge in [-0.25, -0.2) is 0 Å². The van der Waals surface area contributed by atoms with E-state index < -0.39 is 9.28 Å². The molecule has 1 rings (SSSR count). The molecule has 0 saturated carbocycles. The van der Waals surface area contributed by atoms with Crippen LogP contribution in [0, 0.1) is 0 Å². The van der Waals surface area contributed by atoms with E-state index in [1.54, 1.807) is 0 Å². The molecule has 2 nitrogen and oxygen atoms in total. The fourth-order valence-corrected chi connectivity index (χ4v) is 4.70. The molecule has 0 heterocycles. The first kappa shape index (κ1) is 18.4. The molecule has 120 valence electrons. The van der Waals surface area contributed by atoms with Crippen LogP contribution in [-0.2, 0) is 8.85 Å². The van der Waals surface area contributed by atoms with Gasteiger partial charge < -0.3 is 8.85 Å². The summed E-state index contributed by atoms with van der Waals surface area (Å²) in [7, 11) is -1.95. The van der Waals surface area contributed by atoms with Gasteiger partial charge in [-0.15, -0.1) is 0 Å². The molecule has 0 amide bonds. The summed E-state index contributed by atoms with van der Waals surface area (Å²) in [4.78, 5) is 0. The van der Waals surface area contributed by atoms with Crippen LogP contribution < -0.4 is 5.19 Å². The molecular formula is C18H32O2Si. The molecule has 0 aliphatic rings. The highest BCUT2D eigenvalue weighted by atomic mass is 28.3. The molecule has 0 saturated heterocycles. The Morgan fingerprint density at radius 1 is 0.952 bits per heavy atom. The highest BCUT2D eigenvalue weighted by Gasteiger charge is 2.30. The predicted octanol–water partition coefficient (Wildman–Crippen LogP) is 4.26. The Balaban J connectivity index is 3.19. The van der Waals surface area contributed by atoms with E-state index >= 15 is 0 Å². The molecule has 0 bridgehead atoms. The normalized spacial score (nSPS) is 14.5. The number of hydrogen-bond donors (Lipinski definition) is 0. The highest BCUT2D eigenvalue weighted by molar-refractivity contribution is 6.62. The van der Waals surface area contributed by atoms with Crippen molar-refractivity contribution in [1.82, 2.24) is 0 Å². The number of benzene rings is 1. The Labute approximate surface area is 132 Å². The molecule has 21 heavy (non-hydrogen) atoms. The molecule has 1 atom stereocenters. The topological polar surface area (TPSA) is 18.5 Å². The van der Waals surface area contributed by atoms with E-state index in [0.29, 0.717) is 5.92 Å². The van der Waals surface area contributed by atoms with Crippen molar-refractivity contribution in [3.05, 3.63) is 29.8 Å². The summed E-state index contributed by atoms with van der Waals surface area (Å²) in [5.41, 5.74) is 1.00. The van der Waals surface area contributed by atoms with E-state index in [1.165, 1.54) is 10.8 Å². The van der Waals surface area contributed by atoms with E-state index in [-0.39, 0.29) is 11.2 Å². The van der Waals surface area contributed by atoms with Gasteiger partial charge in [0.05, 0.1) is 11.2 Å². The summed E-state index contributed by atoms with van der Waals surface area (Å²) >= 11 is 0. The molecule has 3 heteroatoms. The minimum atomic E-state index is -1.95. The minimum Gasteiger partial charge on any atom is -0.388 e. The molecule has 1 aromatic rings. The van der Waals surface area contributed by atoms with E-state index in [1.807, 2.05) is 0 Å². The second kappa shape index (κ2) is 7.08. The average Bonchev–Trinajstić information content (AvgIpc) is 2.33. The standard InChI is InChI=1S/C18H32O2Si/c1-9-14(2)15-12-10-11-13-16(15)21(19-17(3,4)5)20-18(6,7)8/h10-14,21H,9H2,1-8H3. The van der Waals surface area contributed by atoms with Crippen LogP contribution in [0.4, 0.5) is 0 Å². The Kier molecular flexibility index (Phi) is 6.20. The van der Waals surface area contributed by atoms with Crippen molar-refractivity contribution < 1.29 is 8.85 Å². The van der Waals surface area contributed by atoms with Crippen molar-refractivity contribution in [3.63, 3.8) is 0 Å². The lowest BCUT2D eigenvalue weighted by Gasteiger charge is -2.33. The third-order valence-electron chi connectivity index (χ3n) is 3.31. The van der Waals surface area contributed by atoms with Crippen LogP contribution in [0.1, 0.15) is 73.3 Å². The van der Waals surface area contributed by atoms with E-state index in [4.69, 9.17) is 8.85 Å². The first-order chi connectivity index (χ1) is 9.53. The van der Waals surface area contributed by atoms with Crippen molar-refractivity contribution in [2.75, 3.05) is 0 Å². The number of hydrogen-bond acceptors (Lipinski definition) is 2. The minimum absolute atomic E-state index is 0.190. The smallest absolute Gasteiger partial charge is 0.356 e. The van der Waals surface area contributed by atoms with Crippen molar-refractivity contribution in [2.24, 2.45) is 0 Å². The molecule has 1 unspecified atom stereocenters. The zero-order chi connectivity index (χ0) is 16.3. The van der Waals surface area contributed by atoms with Crippen LogP contribution in [0.3, 0.4) is 0 Å². The molecule has 0 spiro atoms. The van der Waals surface area contributed by atoms with Gasteiger partial charge in [-0.2, -0.15) is 0 Å². The van der Waals surface area contributed by atoms with Crippen LogP contribution in [0.25, 0.3) is 0 Å². The first-order valence-corrected chi connectivity index (χ1v) is 9.50. The monoisotopic (exact) mass is 308 g/mol. The third kappa shape index (κ3) is 6.33.